The van der Waals surface area contributed by atoms with Crippen LogP contribution in [0.5, 0.6) is 5.75 Å². The zero-order valence-electron chi connectivity index (χ0n) is 10.8. The number of nitrogens with zero attached hydrogens (tertiary/aromatic N) is 1. The van der Waals surface area contributed by atoms with E-state index in [2.05, 4.69) is 21.2 Å². The Labute approximate surface area is 125 Å². The number of halogens is 2. The van der Waals surface area contributed by atoms with Crippen molar-refractivity contribution in [2.75, 3.05) is 12.4 Å². The minimum absolute atomic E-state index is 0.0468. The fourth-order valence-corrected chi connectivity index (χ4v) is 2.14. The van der Waals surface area contributed by atoms with Gasteiger partial charge in [-0.1, -0.05) is 22.0 Å². The third-order valence-corrected chi connectivity index (χ3v) is 3.29. The number of methoxy groups -OCH3 is 1. The second kappa shape index (κ2) is 6.40. The topological polar surface area (TPSA) is 45.0 Å². The van der Waals surface area contributed by atoms with Crippen LogP contribution >= 0.6 is 15.9 Å². The van der Waals surface area contributed by atoms with Crippen LogP contribution in [0.15, 0.2) is 40.9 Å². The molecule has 0 radical (unpaired) electrons. The standard InChI is InChI=1S/C15H12BrFN2O/c1-20-15-5-3-12(16)7-14(15)19-9-10-2-4-13(17)11(6-10)8-18/h2-7,19H,9H2,1H3. The molecule has 0 heterocycles. The highest BCUT2D eigenvalue weighted by molar-refractivity contribution is 9.10. The quantitative estimate of drug-likeness (QED) is 0.916. The van der Waals surface area contributed by atoms with Crippen molar-refractivity contribution in [1.29, 1.82) is 5.26 Å². The van der Waals surface area contributed by atoms with Crippen LogP contribution in [-0.4, -0.2) is 7.11 Å². The Kier molecular flexibility index (Phi) is 4.59. The molecule has 0 saturated heterocycles. The Morgan fingerprint density at radius 2 is 2.10 bits per heavy atom. The van der Waals surface area contributed by atoms with Crippen molar-refractivity contribution in [1.82, 2.24) is 0 Å². The summed E-state index contributed by atoms with van der Waals surface area (Å²) in [6, 6.07) is 11.9. The van der Waals surface area contributed by atoms with Gasteiger partial charge in [0.25, 0.3) is 0 Å². The van der Waals surface area contributed by atoms with Crippen molar-refractivity contribution < 1.29 is 9.13 Å². The van der Waals surface area contributed by atoms with Crippen LogP contribution in [0.3, 0.4) is 0 Å². The smallest absolute Gasteiger partial charge is 0.142 e. The van der Waals surface area contributed by atoms with Crippen molar-refractivity contribution in [3.05, 3.63) is 57.8 Å². The van der Waals surface area contributed by atoms with Gasteiger partial charge in [-0.05, 0) is 35.9 Å². The Bertz CT molecular complexity index is 667. The average Bonchev–Trinajstić information content (AvgIpc) is 2.46. The Hall–Kier alpha value is -2.06. The van der Waals surface area contributed by atoms with Gasteiger partial charge in [-0.3, -0.25) is 0 Å². The van der Waals surface area contributed by atoms with Crippen LogP contribution in [-0.2, 0) is 6.54 Å². The molecule has 3 nitrogen and oxygen atoms in total. The van der Waals surface area contributed by atoms with Gasteiger partial charge in [0.2, 0.25) is 0 Å². The molecule has 0 aromatic heterocycles. The van der Waals surface area contributed by atoms with Crippen molar-refractivity contribution in [2.24, 2.45) is 0 Å². The molecule has 102 valence electrons. The second-order valence-electron chi connectivity index (χ2n) is 4.12. The first-order valence-electron chi connectivity index (χ1n) is 5.90. The predicted octanol–water partition coefficient (Wildman–Crippen LogP) is 4.08. The fourth-order valence-electron chi connectivity index (χ4n) is 1.78. The number of hydrogen-bond acceptors (Lipinski definition) is 3. The molecule has 20 heavy (non-hydrogen) atoms. The second-order valence-corrected chi connectivity index (χ2v) is 5.04. The zero-order chi connectivity index (χ0) is 14.5. The molecule has 0 spiro atoms. The Morgan fingerprint density at radius 3 is 2.80 bits per heavy atom. The highest BCUT2D eigenvalue weighted by Crippen LogP contribution is 2.28. The molecule has 0 atom stereocenters. The third kappa shape index (κ3) is 3.28. The molecule has 0 fully saturated rings. The highest BCUT2D eigenvalue weighted by atomic mass is 79.9. The lowest BCUT2D eigenvalue weighted by molar-refractivity contribution is 0.416. The molecule has 0 aliphatic heterocycles. The van der Waals surface area contributed by atoms with E-state index in [1.807, 2.05) is 24.3 Å². The number of anilines is 1. The van der Waals surface area contributed by atoms with E-state index in [4.69, 9.17) is 10.00 Å². The van der Waals surface area contributed by atoms with E-state index in [0.717, 1.165) is 21.5 Å². The normalized spacial score (nSPS) is 9.90. The molecule has 5 heteroatoms. The van der Waals surface area contributed by atoms with E-state index < -0.39 is 5.82 Å². The summed E-state index contributed by atoms with van der Waals surface area (Å²) in [6.45, 7) is 0.474. The number of benzene rings is 2. The molecule has 2 aromatic carbocycles. The van der Waals surface area contributed by atoms with E-state index in [1.54, 1.807) is 13.2 Å². The summed E-state index contributed by atoms with van der Waals surface area (Å²) < 4.78 is 19.4. The predicted molar refractivity (Wildman–Crippen MR) is 79.1 cm³/mol. The summed E-state index contributed by atoms with van der Waals surface area (Å²) >= 11 is 3.40. The maximum Gasteiger partial charge on any atom is 0.142 e. The molecule has 0 unspecified atom stereocenters. The van der Waals surface area contributed by atoms with Gasteiger partial charge in [-0.15, -0.1) is 0 Å². The van der Waals surface area contributed by atoms with Crippen LogP contribution in [0.2, 0.25) is 0 Å². The van der Waals surface area contributed by atoms with Gasteiger partial charge in [-0.25, -0.2) is 4.39 Å². The van der Waals surface area contributed by atoms with Crippen LogP contribution < -0.4 is 10.1 Å². The van der Waals surface area contributed by atoms with E-state index in [0.29, 0.717) is 6.54 Å². The van der Waals surface area contributed by atoms with E-state index in [9.17, 15) is 4.39 Å². The van der Waals surface area contributed by atoms with Gasteiger partial charge >= 0.3 is 0 Å². The lowest BCUT2D eigenvalue weighted by Crippen LogP contribution is -2.02. The third-order valence-electron chi connectivity index (χ3n) is 2.80. The van der Waals surface area contributed by atoms with Crippen molar-refractivity contribution in [2.45, 2.75) is 6.54 Å². The lowest BCUT2D eigenvalue weighted by atomic mass is 10.1. The number of hydrogen-bond donors (Lipinski definition) is 1. The minimum Gasteiger partial charge on any atom is -0.495 e. The molecular formula is C15H12BrFN2O. The maximum absolute atomic E-state index is 13.2. The maximum atomic E-state index is 13.2. The molecule has 1 N–H and O–H groups in total. The summed E-state index contributed by atoms with van der Waals surface area (Å²) in [7, 11) is 1.60. The molecular weight excluding hydrogens is 323 g/mol. The molecule has 0 aliphatic carbocycles. The molecule has 2 rings (SSSR count). The molecule has 0 bridgehead atoms. The Morgan fingerprint density at radius 1 is 1.30 bits per heavy atom. The Balaban J connectivity index is 2.17. The number of nitrogens with one attached hydrogen (secondary N) is 1. The molecule has 0 amide bonds. The lowest BCUT2D eigenvalue weighted by Gasteiger charge is -2.12. The molecule has 0 aliphatic rings. The van der Waals surface area contributed by atoms with E-state index in [1.165, 1.54) is 12.1 Å². The summed E-state index contributed by atoms with van der Waals surface area (Å²) in [5, 5.41) is 12.0. The van der Waals surface area contributed by atoms with Gasteiger partial charge in [0.05, 0.1) is 18.4 Å². The van der Waals surface area contributed by atoms with Crippen molar-refractivity contribution >= 4 is 21.6 Å². The SMILES string of the molecule is COc1ccc(Br)cc1NCc1ccc(F)c(C#N)c1. The van der Waals surface area contributed by atoms with Gasteiger partial charge in [0.15, 0.2) is 0 Å². The number of ether oxygens (including phenoxy) is 1. The van der Waals surface area contributed by atoms with Gasteiger partial charge in [-0.2, -0.15) is 5.26 Å². The van der Waals surface area contributed by atoms with Crippen molar-refractivity contribution in [3.8, 4) is 11.8 Å². The first-order chi connectivity index (χ1) is 9.63. The zero-order valence-corrected chi connectivity index (χ0v) is 12.4. The van der Waals surface area contributed by atoms with E-state index in [-0.39, 0.29) is 5.56 Å². The first-order valence-corrected chi connectivity index (χ1v) is 6.69. The average molecular weight is 335 g/mol. The summed E-state index contributed by atoms with van der Waals surface area (Å²) in [5.74, 6) is 0.215. The minimum atomic E-state index is -0.503. The fraction of sp³-hybridized carbons (Fsp3) is 0.133. The summed E-state index contributed by atoms with van der Waals surface area (Å²) in [4.78, 5) is 0. The largest absolute Gasteiger partial charge is 0.495 e. The van der Waals surface area contributed by atoms with Crippen LogP contribution in [0.1, 0.15) is 11.1 Å². The molecule has 0 saturated carbocycles. The van der Waals surface area contributed by atoms with Crippen LogP contribution in [0, 0.1) is 17.1 Å². The molecule has 2 aromatic rings. The van der Waals surface area contributed by atoms with Gasteiger partial charge < -0.3 is 10.1 Å². The van der Waals surface area contributed by atoms with E-state index >= 15 is 0 Å². The van der Waals surface area contributed by atoms with Crippen molar-refractivity contribution in [3.63, 3.8) is 0 Å². The first kappa shape index (κ1) is 14.4. The van der Waals surface area contributed by atoms with Crippen LogP contribution in [0.25, 0.3) is 0 Å². The number of nitriles is 1. The summed E-state index contributed by atoms with van der Waals surface area (Å²) in [5.41, 5.74) is 1.69. The summed E-state index contributed by atoms with van der Waals surface area (Å²) in [6.07, 6.45) is 0. The van der Waals surface area contributed by atoms with Gasteiger partial charge in [0, 0.05) is 11.0 Å². The van der Waals surface area contributed by atoms with Crippen LogP contribution in [0.4, 0.5) is 10.1 Å². The monoisotopic (exact) mass is 334 g/mol. The van der Waals surface area contributed by atoms with Gasteiger partial charge in [0.1, 0.15) is 17.6 Å². The highest BCUT2D eigenvalue weighted by Gasteiger charge is 2.05. The number of rotatable bonds is 4.